The lowest BCUT2D eigenvalue weighted by Gasteiger charge is -2.08. The summed E-state index contributed by atoms with van der Waals surface area (Å²) in [5, 5.41) is 0. The Morgan fingerprint density at radius 3 is 2.53 bits per heavy atom. The van der Waals surface area contributed by atoms with Gasteiger partial charge in [0.25, 0.3) is 0 Å². The molecule has 0 fully saturated rings. The molecule has 0 aromatic rings. The normalized spacial score (nSPS) is 11.9. The predicted molar refractivity (Wildman–Crippen MR) is 56.3 cm³/mol. The molecule has 0 amide bonds. The van der Waals surface area contributed by atoms with Crippen LogP contribution >= 0.6 is 0 Å². The average molecular weight is 216 g/mol. The van der Waals surface area contributed by atoms with Gasteiger partial charge in [-0.2, -0.15) is 0 Å². The molecule has 0 aromatic carbocycles. The van der Waals surface area contributed by atoms with E-state index in [-0.39, 0.29) is 24.3 Å². The number of hydrogen-bond acceptors (Lipinski definition) is 4. The second-order valence-corrected chi connectivity index (χ2v) is 3.54. The monoisotopic (exact) mass is 216 g/mol. The third-order valence-corrected chi connectivity index (χ3v) is 2.15. The molecule has 0 aromatic heterocycles. The van der Waals surface area contributed by atoms with E-state index in [9.17, 15) is 9.59 Å². The van der Waals surface area contributed by atoms with Gasteiger partial charge in [-0.1, -0.05) is 20.3 Å². The van der Waals surface area contributed by atoms with Crippen LogP contribution in [0.2, 0.25) is 0 Å². The molecule has 0 heterocycles. The molecule has 0 radical (unpaired) electrons. The molecule has 0 aliphatic carbocycles. The first kappa shape index (κ1) is 13.9. The van der Waals surface area contributed by atoms with Crippen LogP contribution in [-0.4, -0.2) is 25.7 Å². The summed E-state index contributed by atoms with van der Waals surface area (Å²) in [7, 11) is 1.35. The van der Waals surface area contributed by atoms with Crippen LogP contribution in [0.1, 0.15) is 39.5 Å². The second-order valence-electron chi connectivity index (χ2n) is 3.54. The number of rotatable bonds is 7. The number of carbonyl (C=O) groups is 2. The highest BCUT2D eigenvalue weighted by atomic mass is 16.5. The van der Waals surface area contributed by atoms with Crippen molar-refractivity contribution in [1.29, 1.82) is 0 Å². The molecular weight excluding hydrogens is 196 g/mol. The minimum Gasteiger partial charge on any atom is -0.469 e. The Morgan fingerprint density at radius 2 is 2.00 bits per heavy atom. The SMILES string of the molecule is CCCCOC(=O)CCC(C)C(=O)OC. The van der Waals surface area contributed by atoms with Crippen LogP contribution in [0.15, 0.2) is 0 Å². The fourth-order valence-electron chi connectivity index (χ4n) is 1.06. The minimum absolute atomic E-state index is 0.237. The standard InChI is InChI=1S/C11H20O4/c1-4-5-8-15-10(12)7-6-9(2)11(13)14-3/h9H,4-8H2,1-3H3. The number of methoxy groups -OCH3 is 1. The van der Waals surface area contributed by atoms with Crippen LogP contribution in [0.5, 0.6) is 0 Å². The molecule has 0 N–H and O–H groups in total. The summed E-state index contributed by atoms with van der Waals surface area (Å²) < 4.78 is 9.51. The van der Waals surface area contributed by atoms with E-state index in [1.807, 2.05) is 6.92 Å². The fraction of sp³-hybridized carbons (Fsp3) is 0.818. The van der Waals surface area contributed by atoms with Crippen molar-refractivity contribution >= 4 is 11.9 Å². The third-order valence-electron chi connectivity index (χ3n) is 2.15. The highest BCUT2D eigenvalue weighted by Gasteiger charge is 2.15. The Labute approximate surface area is 90.9 Å². The van der Waals surface area contributed by atoms with Crippen molar-refractivity contribution in [3.05, 3.63) is 0 Å². The molecule has 0 rings (SSSR count). The maximum atomic E-state index is 11.2. The van der Waals surface area contributed by atoms with Crippen LogP contribution in [-0.2, 0) is 19.1 Å². The van der Waals surface area contributed by atoms with Crippen LogP contribution in [0.3, 0.4) is 0 Å². The predicted octanol–water partition coefficient (Wildman–Crippen LogP) is 1.92. The van der Waals surface area contributed by atoms with Crippen molar-refractivity contribution < 1.29 is 19.1 Å². The maximum absolute atomic E-state index is 11.2. The van der Waals surface area contributed by atoms with Gasteiger partial charge in [-0.05, 0) is 12.8 Å². The summed E-state index contributed by atoms with van der Waals surface area (Å²) in [5.74, 6) is -0.760. The van der Waals surface area contributed by atoms with Crippen molar-refractivity contribution in [1.82, 2.24) is 0 Å². The van der Waals surface area contributed by atoms with E-state index in [2.05, 4.69) is 4.74 Å². The number of esters is 2. The lowest BCUT2D eigenvalue weighted by atomic mass is 10.1. The van der Waals surface area contributed by atoms with Gasteiger partial charge in [-0.15, -0.1) is 0 Å². The maximum Gasteiger partial charge on any atom is 0.308 e. The van der Waals surface area contributed by atoms with Gasteiger partial charge in [-0.25, -0.2) is 0 Å². The average Bonchev–Trinajstić information content (AvgIpc) is 2.25. The summed E-state index contributed by atoms with van der Waals surface area (Å²) in [6, 6.07) is 0. The molecule has 4 heteroatoms. The molecule has 0 spiro atoms. The zero-order chi connectivity index (χ0) is 11.7. The van der Waals surface area contributed by atoms with Crippen molar-refractivity contribution in [3.63, 3.8) is 0 Å². The van der Waals surface area contributed by atoms with Crippen LogP contribution in [0, 0.1) is 5.92 Å². The number of carbonyl (C=O) groups excluding carboxylic acids is 2. The summed E-state index contributed by atoms with van der Waals surface area (Å²) >= 11 is 0. The van der Waals surface area contributed by atoms with Crippen molar-refractivity contribution in [2.24, 2.45) is 5.92 Å². The molecule has 0 aliphatic heterocycles. The molecule has 1 atom stereocenters. The van der Waals surface area contributed by atoms with E-state index >= 15 is 0 Å². The molecule has 15 heavy (non-hydrogen) atoms. The lowest BCUT2D eigenvalue weighted by molar-refractivity contribution is -0.147. The largest absolute Gasteiger partial charge is 0.469 e. The van der Waals surface area contributed by atoms with E-state index < -0.39 is 0 Å². The van der Waals surface area contributed by atoms with Gasteiger partial charge in [0.1, 0.15) is 0 Å². The Morgan fingerprint density at radius 1 is 1.33 bits per heavy atom. The van der Waals surface area contributed by atoms with E-state index in [0.717, 1.165) is 12.8 Å². The van der Waals surface area contributed by atoms with E-state index in [1.54, 1.807) is 6.92 Å². The molecule has 88 valence electrons. The Kier molecular flexibility index (Phi) is 7.68. The van der Waals surface area contributed by atoms with Crippen LogP contribution < -0.4 is 0 Å². The molecular formula is C11H20O4. The third kappa shape index (κ3) is 6.94. The van der Waals surface area contributed by atoms with Gasteiger partial charge < -0.3 is 9.47 Å². The van der Waals surface area contributed by atoms with Crippen LogP contribution in [0.4, 0.5) is 0 Å². The molecule has 4 nitrogen and oxygen atoms in total. The Balaban J connectivity index is 3.57. The first-order valence-corrected chi connectivity index (χ1v) is 5.35. The quantitative estimate of drug-likeness (QED) is 0.482. The zero-order valence-corrected chi connectivity index (χ0v) is 9.75. The number of unbranched alkanes of at least 4 members (excludes halogenated alkanes) is 1. The fourth-order valence-corrected chi connectivity index (χ4v) is 1.06. The Bertz CT molecular complexity index is 201. The van der Waals surface area contributed by atoms with Crippen molar-refractivity contribution in [2.75, 3.05) is 13.7 Å². The van der Waals surface area contributed by atoms with Gasteiger partial charge >= 0.3 is 11.9 Å². The molecule has 0 saturated heterocycles. The van der Waals surface area contributed by atoms with Gasteiger partial charge in [0.2, 0.25) is 0 Å². The number of ether oxygens (including phenoxy) is 2. The van der Waals surface area contributed by atoms with Gasteiger partial charge in [0, 0.05) is 6.42 Å². The van der Waals surface area contributed by atoms with Gasteiger partial charge in [0.05, 0.1) is 19.6 Å². The van der Waals surface area contributed by atoms with E-state index in [0.29, 0.717) is 13.0 Å². The zero-order valence-electron chi connectivity index (χ0n) is 9.75. The van der Waals surface area contributed by atoms with E-state index in [4.69, 9.17) is 4.74 Å². The van der Waals surface area contributed by atoms with Crippen LogP contribution in [0.25, 0.3) is 0 Å². The highest BCUT2D eigenvalue weighted by Crippen LogP contribution is 2.08. The second kappa shape index (κ2) is 8.26. The summed E-state index contributed by atoms with van der Waals surface area (Å²) in [4.78, 5) is 22.2. The molecule has 0 bridgehead atoms. The first-order chi connectivity index (χ1) is 7.11. The Hall–Kier alpha value is -1.06. The number of hydrogen-bond donors (Lipinski definition) is 0. The topological polar surface area (TPSA) is 52.6 Å². The molecule has 1 unspecified atom stereocenters. The summed E-state index contributed by atoms with van der Waals surface area (Å²) in [6.45, 7) is 4.25. The van der Waals surface area contributed by atoms with Gasteiger partial charge in [0.15, 0.2) is 0 Å². The van der Waals surface area contributed by atoms with Crippen molar-refractivity contribution in [3.8, 4) is 0 Å². The summed E-state index contributed by atoms with van der Waals surface area (Å²) in [5.41, 5.74) is 0. The smallest absolute Gasteiger partial charge is 0.308 e. The van der Waals surface area contributed by atoms with Crippen molar-refractivity contribution in [2.45, 2.75) is 39.5 Å². The lowest BCUT2D eigenvalue weighted by Crippen LogP contribution is -2.15. The first-order valence-electron chi connectivity index (χ1n) is 5.35. The highest BCUT2D eigenvalue weighted by molar-refractivity contribution is 5.74. The van der Waals surface area contributed by atoms with E-state index in [1.165, 1.54) is 7.11 Å². The summed E-state index contributed by atoms with van der Waals surface area (Å²) in [6.07, 6.45) is 2.65. The molecule has 0 aliphatic rings. The van der Waals surface area contributed by atoms with Gasteiger partial charge in [-0.3, -0.25) is 9.59 Å². The minimum atomic E-state index is -0.281. The molecule has 0 saturated carbocycles.